The van der Waals surface area contributed by atoms with Gasteiger partial charge in [0.25, 0.3) is 0 Å². The van der Waals surface area contributed by atoms with E-state index in [1.165, 1.54) is 6.20 Å². The van der Waals surface area contributed by atoms with Crippen molar-refractivity contribution in [2.45, 2.75) is 6.54 Å². The lowest BCUT2D eigenvalue weighted by Crippen LogP contribution is -2.29. The van der Waals surface area contributed by atoms with Crippen molar-refractivity contribution in [3.63, 3.8) is 0 Å². The molecule has 0 fully saturated rings. The summed E-state index contributed by atoms with van der Waals surface area (Å²) in [5, 5.41) is 12.2. The van der Waals surface area contributed by atoms with Crippen LogP contribution in [0.1, 0.15) is 5.76 Å². The predicted molar refractivity (Wildman–Crippen MR) is 49.6 cm³/mol. The molecule has 1 aromatic rings. The number of nitrogens with zero attached hydrogens (tertiary/aromatic N) is 2. The largest absolute Gasteiger partial charge is 0.480 e. The molecule has 0 bridgehead atoms. The normalized spacial score (nSPS) is 10.4. The Kier molecular flexibility index (Phi) is 3.87. The van der Waals surface area contributed by atoms with Crippen molar-refractivity contribution >= 4 is 5.97 Å². The first-order valence-electron chi connectivity index (χ1n) is 4.17. The lowest BCUT2D eigenvalue weighted by atomic mass is 10.4. The van der Waals surface area contributed by atoms with E-state index in [0.29, 0.717) is 18.8 Å². The summed E-state index contributed by atoms with van der Waals surface area (Å²) in [6, 6.07) is 1.71. The fourth-order valence-electron chi connectivity index (χ4n) is 1.10. The number of hydrogen-bond donors (Lipinski definition) is 1. The minimum absolute atomic E-state index is 0.0350. The second-order valence-electron chi connectivity index (χ2n) is 2.83. The quantitative estimate of drug-likeness (QED) is 0.680. The van der Waals surface area contributed by atoms with Gasteiger partial charge in [0.1, 0.15) is 0 Å². The maximum Gasteiger partial charge on any atom is 0.317 e. The third kappa shape index (κ3) is 3.40. The van der Waals surface area contributed by atoms with Crippen molar-refractivity contribution in [1.29, 1.82) is 0 Å². The molecule has 0 saturated heterocycles. The van der Waals surface area contributed by atoms with Crippen LogP contribution in [0.15, 0.2) is 29.4 Å². The number of carbonyl (C=O) groups is 1. The summed E-state index contributed by atoms with van der Waals surface area (Å²) in [6.07, 6.45) is 3.18. The minimum atomic E-state index is -0.869. The highest BCUT2D eigenvalue weighted by Gasteiger charge is 2.10. The van der Waals surface area contributed by atoms with E-state index >= 15 is 0 Å². The van der Waals surface area contributed by atoms with Crippen LogP contribution in [-0.2, 0) is 11.3 Å². The molecule has 0 aliphatic carbocycles. The molecule has 14 heavy (non-hydrogen) atoms. The van der Waals surface area contributed by atoms with Gasteiger partial charge in [0.15, 0.2) is 5.76 Å². The fourth-order valence-corrected chi connectivity index (χ4v) is 1.10. The van der Waals surface area contributed by atoms with Gasteiger partial charge in [0, 0.05) is 12.6 Å². The molecule has 0 unspecified atom stereocenters. The molecule has 76 valence electrons. The number of carboxylic acids is 1. The van der Waals surface area contributed by atoms with Crippen molar-refractivity contribution in [3.05, 3.63) is 30.7 Å². The van der Waals surface area contributed by atoms with Crippen LogP contribution in [0.4, 0.5) is 0 Å². The van der Waals surface area contributed by atoms with E-state index in [1.807, 2.05) is 0 Å². The average molecular weight is 196 g/mol. The fraction of sp³-hybridized carbons (Fsp3) is 0.333. The molecule has 0 saturated carbocycles. The minimum Gasteiger partial charge on any atom is -0.480 e. The third-order valence-corrected chi connectivity index (χ3v) is 1.62. The van der Waals surface area contributed by atoms with Crippen molar-refractivity contribution in [3.8, 4) is 0 Å². The monoisotopic (exact) mass is 196 g/mol. The Hall–Kier alpha value is -1.62. The molecular weight excluding hydrogens is 184 g/mol. The zero-order valence-electron chi connectivity index (χ0n) is 7.72. The second-order valence-corrected chi connectivity index (χ2v) is 2.83. The maximum absolute atomic E-state index is 10.5. The third-order valence-electron chi connectivity index (χ3n) is 1.62. The molecule has 0 amide bonds. The number of aliphatic carboxylic acids is 1. The van der Waals surface area contributed by atoms with Crippen LogP contribution < -0.4 is 0 Å². The Balaban J connectivity index is 2.50. The van der Waals surface area contributed by atoms with Gasteiger partial charge in [-0.15, -0.1) is 6.58 Å². The van der Waals surface area contributed by atoms with E-state index in [2.05, 4.69) is 11.7 Å². The smallest absolute Gasteiger partial charge is 0.317 e. The van der Waals surface area contributed by atoms with Crippen LogP contribution in [0.25, 0.3) is 0 Å². The summed E-state index contributed by atoms with van der Waals surface area (Å²) >= 11 is 0. The molecule has 0 aliphatic rings. The Bertz CT molecular complexity index is 295. The second kappa shape index (κ2) is 5.18. The van der Waals surface area contributed by atoms with E-state index in [4.69, 9.17) is 9.63 Å². The number of rotatable bonds is 6. The van der Waals surface area contributed by atoms with Gasteiger partial charge in [0.2, 0.25) is 0 Å². The Morgan fingerprint density at radius 2 is 2.57 bits per heavy atom. The highest BCUT2D eigenvalue weighted by molar-refractivity contribution is 5.69. The summed E-state index contributed by atoms with van der Waals surface area (Å²) in [7, 11) is 0. The lowest BCUT2D eigenvalue weighted by molar-refractivity contribution is -0.138. The van der Waals surface area contributed by atoms with Crippen molar-refractivity contribution in [2.24, 2.45) is 0 Å². The van der Waals surface area contributed by atoms with Gasteiger partial charge in [-0.2, -0.15) is 0 Å². The Labute approximate surface area is 81.6 Å². The van der Waals surface area contributed by atoms with Crippen LogP contribution >= 0.6 is 0 Å². The molecule has 0 aliphatic heterocycles. The van der Waals surface area contributed by atoms with Crippen molar-refractivity contribution < 1.29 is 14.4 Å². The van der Waals surface area contributed by atoms with Gasteiger partial charge in [-0.1, -0.05) is 11.2 Å². The standard InChI is InChI=1S/C9H12N2O3/c1-2-5-11(7-9(12)13)6-8-3-4-10-14-8/h2-4H,1,5-7H2,(H,12,13). The summed E-state index contributed by atoms with van der Waals surface area (Å²) < 4.78 is 4.87. The molecule has 0 atom stereocenters. The van der Waals surface area contributed by atoms with Crippen LogP contribution in [-0.4, -0.2) is 34.2 Å². The lowest BCUT2D eigenvalue weighted by Gasteiger charge is -2.15. The molecule has 1 heterocycles. The van der Waals surface area contributed by atoms with Gasteiger partial charge in [-0.05, 0) is 0 Å². The summed E-state index contributed by atoms with van der Waals surface area (Å²) in [6.45, 7) is 4.46. The van der Waals surface area contributed by atoms with Gasteiger partial charge in [0.05, 0.1) is 19.3 Å². The first-order valence-corrected chi connectivity index (χ1v) is 4.17. The molecule has 0 aromatic carbocycles. The zero-order valence-corrected chi connectivity index (χ0v) is 7.72. The summed E-state index contributed by atoms with van der Waals surface area (Å²) in [5.41, 5.74) is 0. The molecule has 1 N–H and O–H groups in total. The van der Waals surface area contributed by atoms with Gasteiger partial charge in [-0.3, -0.25) is 9.69 Å². The van der Waals surface area contributed by atoms with Gasteiger partial charge >= 0.3 is 5.97 Å². The van der Waals surface area contributed by atoms with Crippen molar-refractivity contribution in [2.75, 3.05) is 13.1 Å². The van der Waals surface area contributed by atoms with E-state index < -0.39 is 5.97 Å². The highest BCUT2D eigenvalue weighted by Crippen LogP contribution is 2.02. The topological polar surface area (TPSA) is 66.6 Å². The summed E-state index contributed by atoms with van der Waals surface area (Å²) in [5.74, 6) is -0.223. The van der Waals surface area contributed by atoms with E-state index in [-0.39, 0.29) is 6.54 Å². The number of hydrogen-bond acceptors (Lipinski definition) is 4. The zero-order chi connectivity index (χ0) is 10.4. The molecule has 0 radical (unpaired) electrons. The van der Waals surface area contributed by atoms with Gasteiger partial charge < -0.3 is 9.63 Å². The molecule has 5 nitrogen and oxygen atoms in total. The first-order chi connectivity index (χ1) is 6.72. The SMILES string of the molecule is C=CCN(CC(=O)O)Cc1ccno1. The molecule has 1 rings (SSSR count). The first kappa shape index (κ1) is 10.5. The number of aromatic nitrogens is 1. The number of carboxylic acid groups (broad SMARTS) is 1. The molecule has 1 aromatic heterocycles. The average Bonchev–Trinajstić information content (AvgIpc) is 2.56. The van der Waals surface area contributed by atoms with Crippen molar-refractivity contribution in [1.82, 2.24) is 10.1 Å². The van der Waals surface area contributed by atoms with Crippen LogP contribution in [0, 0.1) is 0 Å². The Morgan fingerprint density at radius 1 is 1.79 bits per heavy atom. The van der Waals surface area contributed by atoms with Crippen LogP contribution in [0.5, 0.6) is 0 Å². The summed E-state index contributed by atoms with van der Waals surface area (Å²) in [4.78, 5) is 12.2. The van der Waals surface area contributed by atoms with E-state index in [0.717, 1.165) is 0 Å². The van der Waals surface area contributed by atoms with Crippen LogP contribution in [0.2, 0.25) is 0 Å². The Morgan fingerprint density at radius 3 is 3.07 bits per heavy atom. The van der Waals surface area contributed by atoms with Gasteiger partial charge in [-0.25, -0.2) is 0 Å². The molecular formula is C9H12N2O3. The van der Waals surface area contributed by atoms with E-state index in [1.54, 1.807) is 17.0 Å². The predicted octanol–water partition coefficient (Wildman–Crippen LogP) is 0.747. The highest BCUT2D eigenvalue weighted by atomic mass is 16.5. The maximum atomic E-state index is 10.5. The molecule has 0 spiro atoms. The molecule has 5 heteroatoms. The van der Waals surface area contributed by atoms with E-state index in [9.17, 15) is 4.79 Å². The van der Waals surface area contributed by atoms with Crippen LogP contribution in [0.3, 0.4) is 0 Å².